The number of H-pyrrole nitrogens is 1. The number of aromatic nitrogens is 2. The zero-order chi connectivity index (χ0) is 19.0. The molecule has 0 unspecified atom stereocenters. The molecule has 0 saturated heterocycles. The predicted octanol–water partition coefficient (Wildman–Crippen LogP) is 4.53. The minimum absolute atomic E-state index is 0.105. The van der Waals surface area contributed by atoms with Crippen molar-refractivity contribution in [1.82, 2.24) is 9.97 Å². The number of fused-ring (bicyclic) bond motifs is 1. The molecule has 0 bridgehead atoms. The van der Waals surface area contributed by atoms with E-state index in [-0.39, 0.29) is 22.4 Å². The molecule has 0 fully saturated rings. The summed E-state index contributed by atoms with van der Waals surface area (Å²) in [6.45, 7) is 0. The number of nitrogens with one attached hydrogen (secondary N) is 1. The number of ether oxygens (including phenoxy) is 1. The van der Waals surface area contributed by atoms with E-state index in [4.69, 9.17) is 0 Å². The lowest BCUT2D eigenvalue weighted by Crippen LogP contribution is -2.02. The maximum absolute atomic E-state index is 14.4. The minimum atomic E-state index is -0.579. The van der Waals surface area contributed by atoms with Gasteiger partial charge in [-0.25, -0.2) is 14.2 Å². The summed E-state index contributed by atoms with van der Waals surface area (Å²) in [5.41, 5.74) is 2.59. The standard InChI is InChI=1S/C21H15FN2O3/c1-27-21(26)12-9-10-16(22)15(11-12)13-5-4-6-14(19(13)25)20-23-17-7-2-3-8-18(17)24-20/h2-11,25H,1H3,(H,23,24). The molecule has 0 radical (unpaired) electrons. The van der Waals surface area contributed by atoms with Crippen LogP contribution >= 0.6 is 0 Å². The first-order chi connectivity index (χ1) is 13.1. The Kier molecular flexibility index (Phi) is 4.08. The first-order valence-electron chi connectivity index (χ1n) is 8.24. The Bertz CT molecular complexity index is 1130. The van der Waals surface area contributed by atoms with Crippen LogP contribution in [0.1, 0.15) is 10.4 Å². The molecular formula is C21H15FN2O3. The number of rotatable bonds is 3. The lowest BCUT2D eigenvalue weighted by molar-refractivity contribution is 0.0600. The van der Waals surface area contributed by atoms with E-state index < -0.39 is 11.8 Å². The van der Waals surface area contributed by atoms with Crippen molar-refractivity contribution in [3.05, 3.63) is 72.0 Å². The van der Waals surface area contributed by atoms with Crippen molar-refractivity contribution < 1.29 is 19.0 Å². The highest BCUT2D eigenvalue weighted by Gasteiger charge is 2.18. The molecule has 0 aliphatic heterocycles. The van der Waals surface area contributed by atoms with Crippen LogP contribution in [-0.2, 0) is 4.74 Å². The number of hydrogen-bond acceptors (Lipinski definition) is 4. The van der Waals surface area contributed by atoms with E-state index in [1.54, 1.807) is 18.2 Å². The van der Waals surface area contributed by atoms with E-state index in [1.807, 2.05) is 24.3 Å². The molecule has 4 aromatic rings. The van der Waals surface area contributed by atoms with Gasteiger partial charge in [0.05, 0.1) is 29.3 Å². The van der Waals surface area contributed by atoms with Gasteiger partial charge in [0.25, 0.3) is 0 Å². The Balaban J connectivity index is 1.86. The lowest BCUT2D eigenvalue weighted by atomic mass is 9.98. The van der Waals surface area contributed by atoms with Crippen LogP contribution in [0.5, 0.6) is 5.75 Å². The third kappa shape index (κ3) is 2.91. The van der Waals surface area contributed by atoms with E-state index in [2.05, 4.69) is 14.7 Å². The number of carbonyl (C=O) groups excluding carboxylic acids is 1. The summed E-state index contributed by atoms with van der Waals surface area (Å²) >= 11 is 0. The summed E-state index contributed by atoms with van der Waals surface area (Å²) in [4.78, 5) is 19.4. The maximum Gasteiger partial charge on any atom is 0.337 e. The zero-order valence-electron chi connectivity index (χ0n) is 14.4. The van der Waals surface area contributed by atoms with Crippen molar-refractivity contribution in [2.24, 2.45) is 0 Å². The fraction of sp³-hybridized carbons (Fsp3) is 0.0476. The highest BCUT2D eigenvalue weighted by molar-refractivity contribution is 5.92. The van der Waals surface area contributed by atoms with Crippen molar-refractivity contribution in [2.75, 3.05) is 7.11 Å². The van der Waals surface area contributed by atoms with Crippen LogP contribution in [0, 0.1) is 5.82 Å². The van der Waals surface area contributed by atoms with Crippen LogP contribution < -0.4 is 0 Å². The van der Waals surface area contributed by atoms with Gasteiger partial charge in [-0.3, -0.25) is 0 Å². The number of methoxy groups -OCH3 is 1. The van der Waals surface area contributed by atoms with Crippen molar-refractivity contribution in [3.8, 4) is 28.3 Å². The van der Waals surface area contributed by atoms with E-state index in [0.29, 0.717) is 11.4 Å². The van der Waals surface area contributed by atoms with E-state index in [1.165, 1.54) is 25.3 Å². The molecule has 0 aliphatic rings. The number of aromatic hydroxyl groups is 1. The Labute approximate surface area is 154 Å². The van der Waals surface area contributed by atoms with Crippen molar-refractivity contribution >= 4 is 17.0 Å². The van der Waals surface area contributed by atoms with Crippen LogP contribution in [0.4, 0.5) is 4.39 Å². The molecule has 134 valence electrons. The van der Waals surface area contributed by atoms with Gasteiger partial charge in [0, 0.05) is 11.1 Å². The van der Waals surface area contributed by atoms with Gasteiger partial charge in [-0.05, 0) is 36.4 Å². The number of hydrogen-bond donors (Lipinski definition) is 2. The molecule has 6 heteroatoms. The number of imidazole rings is 1. The molecule has 1 heterocycles. The van der Waals surface area contributed by atoms with Gasteiger partial charge < -0.3 is 14.8 Å². The first-order valence-corrected chi connectivity index (χ1v) is 8.24. The van der Waals surface area contributed by atoms with E-state index in [9.17, 15) is 14.3 Å². The highest BCUT2D eigenvalue weighted by Crippen LogP contribution is 2.38. The number of carbonyl (C=O) groups is 1. The summed E-state index contributed by atoms with van der Waals surface area (Å²) in [5.74, 6) is -0.790. The SMILES string of the molecule is COC(=O)c1ccc(F)c(-c2cccc(-c3nc4ccccc4[nH]3)c2O)c1. The molecule has 3 aromatic carbocycles. The van der Waals surface area contributed by atoms with Gasteiger partial charge in [0.1, 0.15) is 17.4 Å². The van der Waals surface area contributed by atoms with Crippen LogP contribution in [0.2, 0.25) is 0 Å². The second-order valence-electron chi connectivity index (χ2n) is 5.99. The Morgan fingerprint density at radius 2 is 1.81 bits per heavy atom. The van der Waals surface area contributed by atoms with Gasteiger partial charge in [-0.1, -0.05) is 24.3 Å². The predicted molar refractivity (Wildman–Crippen MR) is 99.9 cm³/mol. The van der Waals surface area contributed by atoms with Crippen molar-refractivity contribution in [2.45, 2.75) is 0 Å². The second-order valence-corrected chi connectivity index (χ2v) is 5.99. The number of esters is 1. The monoisotopic (exact) mass is 362 g/mol. The summed E-state index contributed by atoms with van der Waals surface area (Å²) < 4.78 is 19.1. The third-order valence-corrected chi connectivity index (χ3v) is 4.36. The molecule has 0 amide bonds. The Morgan fingerprint density at radius 1 is 1.04 bits per heavy atom. The number of aromatic amines is 1. The lowest BCUT2D eigenvalue weighted by Gasteiger charge is -2.10. The zero-order valence-corrected chi connectivity index (χ0v) is 14.4. The number of benzene rings is 3. The van der Waals surface area contributed by atoms with Gasteiger partial charge >= 0.3 is 5.97 Å². The van der Waals surface area contributed by atoms with Crippen LogP contribution in [0.25, 0.3) is 33.5 Å². The molecule has 27 heavy (non-hydrogen) atoms. The summed E-state index contributed by atoms with van der Waals surface area (Å²) in [6.07, 6.45) is 0. The first kappa shape index (κ1) is 16.8. The van der Waals surface area contributed by atoms with Crippen LogP contribution in [0.3, 0.4) is 0 Å². The van der Waals surface area contributed by atoms with Gasteiger partial charge in [0.15, 0.2) is 0 Å². The largest absolute Gasteiger partial charge is 0.507 e. The second kappa shape index (κ2) is 6.57. The quantitative estimate of drug-likeness (QED) is 0.525. The number of para-hydroxylation sites is 3. The average Bonchev–Trinajstić information content (AvgIpc) is 3.12. The average molecular weight is 362 g/mol. The molecule has 4 rings (SSSR count). The topological polar surface area (TPSA) is 75.2 Å². The summed E-state index contributed by atoms with van der Waals surface area (Å²) in [5, 5.41) is 10.8. The minimum Gasteiger partial charge on any atom is -0.507 e. The fourth-order valence-corrected chi connectivity index (χ4v) is 3.01. The fourth-order valence-electron chi connectivity index (χ4n) is 3.01. The van der Waals surface area contributed by atoms with Crippen molar-refractivity contribution in [3.63, 3.8) is 0 Å². The van der Waals surface area contributed by atoms with Crippen LogP contribution in [-0.4, -0.2) is 28.2 Å². The maximum atomic E-state index is 14.4. The van der Waals surface area contributed by atoms with Gasteiger partial charge in [-0.15, -0.1) is 0 Å². The molecular weight excluding hydrogens is 347 g/mol. The normalized spacial score (nSPS) is 10.9. The third-order valence-electron chi connectivity index (χ3n) is 4.36. The molecule has 0 aliphatic carbocycles. The molecule has 0 saturated carbocycles. The van der Waals surface area contributed by atoms with Crippen LogP contribution in [0.15, 0.2) is 60.7 Å². The Morgan fingerprint density at radius 3 is 2.59 bits per heavy atom. The van der Waals surface area contributed by atoms with E-state index >= 15 is 0 Å². The van der Waals surface area contributed by atoms with E-state index in [0.717, 1.165) is 11.0 Å². The molecule has 5 nitrogen and oxygen atoms in total. The molecule has 0 atom stereocenters. The summed E-state index contributed by atoms with van der Waals surface area (Å²) in [6, 6.07) is 16.3. The molecule has 0 spiro atoms. The summed E-state index contributed by atoms with van der Waals surface area (Å²) in [7, 11) is 1.25. The number of halogens is 1. The van der Waals surface area contributed by atoms with Gasteiger partial charge in [0.2, 0.25) is 0 Å². The highest BCUT2D eigenvalue weighted by atomic mass is 19.1. The smallest absolute Gasteiger partial charge is 0.337 e. The van der Waals surface area contributed by atoms with Crippen molar-refractivity contribution in [1.29, 1.82) is 0 Å². The number of nitrogens with zero attached hydrogens (tertiary/aromatic N) is 1. The molecule has 1 aromatic heterocycles. The Hall–Kier alpha value is -3.67. The van der Waals surface area contributed by atoms with Gasteiger partial charge in [-0.2, -0.15) is 0 Å². The number of phenols is 1. The molecule has 2 N–H and O–H groups in total. The number of phenolic OH excluding ortho intramolecular Hbond substituents is 1.